The van der Waals surface area contributed by atoms with Crippen LogP contribution in [0, 0.1) is 0 Å². The van der Waals surface area contributed by atoms with Crippen molar-refractivity contribution in [2.45, 2.75) is 18.6 Å². The Morgan fingerprint density at radius 2 is 2.00 bits per heavy atom. The van der Waals surface area contributed by atoms with Crippen LogP contribution in [-0.4, -0.2) is 40.6 Å². The molecule has 0 amide bonds. The number of ether oxygens (including phenoxy) is 1. The summed E-state index contributed by atoms with van der Waals surface area (Å²) < 4.78 is 4.98. The summed E-state index contributed by atoms with van der Waals surface area (Å²) >= 11 is 0. The van der Waals surface area contributed by atoms with E-state index in [1.54, 1.807) is 6.07 Å². The van der Waals surface area contributed by atoms with Crippen LogP contribution in [0.4, 0.5) is 0 Å². The summed E-state index contributed by atoms with van der Waals surface area (Å²) in [5.41, 5.74) is -1.99. The zero-order valence-corrected chi connectivity index (χ0v) is 9.43. The quantitative estimate of drug-likeness (QED) is 0.727. The normalized spacial score (nSPS) is 27.9. The van der Waals surface area contributed by atoms with E-state index in [2.05, 4.69) is 0 Å². The smallest absolute Gasteiger partial charge is 0.199 e. The summed E-state index contributed by atoms with van der Waals surface area (Å²) in [7, 11) is 1.37. The van der Waals surface area contributed by atoms with Crippen LogP contribution in [0.3, 0.4) is 0 Å². The van der Waals surface area contributed by atoms with Gasteiger partial charge in [-0.1, -0.05) is 12.1 Å². The molecule has 5 nitrogen and oxygen atoms in total. The number of benzene rings is 1. The van der Waals surface area contributed by atoms with Crippen molar-refractivity contribution in [2.75, 3.05) is 7.11 Å². The van der Waals surface area contributed by atoms with Gasteiger partial charge in [-0.15, -0.1) is 0 Å². The first kappa shape index (κ1) is 11.8. The highest BCUT2D eigenvalue weighted by Crippen LogP contribution is 2.34. The van der Waals surface area contributed by atoms with Gasteiger partial charge in [0.15, 0.2) is 23.3 Å². The molecule has 1 aliphatic rings. The Labute approximate surface area is 97.6 Å². The second-order valence-electron chi connectivity index (χ2n) is 4.13. The number of aliphatic hydroxyl groups excluding tert-OH is 1. The van der Waals surface area contributed by atoms with Crippen LogP contribution in [0.25, 0.3) is 0 Å². The summed E-state index contributed by atoms with van der Waals surface area (Å²) in [6.45, 7) is 1.13. The second kappa shape index (κ2) is 3.65. The molecule has 2 rings (SSSR count). The van der Waals surface area contributed by atoms with Gasteiger partial charge in [0.2, 0.25) is 0 Å². The zero-order valence-electron chi connectivity index (χ0n) is 9.43. The van der Waals surface area contributed by atoms with Gasteiger partial charge in [0.05, 0.1) is 12.7 Å². The minimum atomic E-state index is -2.09. The Morgan fingerprint density at radius 3 is 2.59 bits per heavy atom. The van der Waals surface area contributed by atoms with Gasteiger partial charge in [-0.2, -0.15) is 0 Å². The molecule has 1 aromatic carbocycles. The third-order valence-electron chi connectivity index (χ3n) is 2.98. The van der Waals surface area contributed by atoms with E-state index < -0.39 is 23.3 Å². The molecule has 0 heterocycles. The summed E-state index contributed by atoms with van der Waals surface area (Å²) in [5.74, 6) is -1.17. The highest BCUT2D eigenvalue weighted by atomic mass is 16.5. The molecule has 0 saturated heterocycles. The average molecular weight is 236 g/mol. The van der Waals surface area contributed by atoms with Crippen molar-refractivity contribution < 1.29 is 24.5 Å². The molecule has 0 unspecified atom stereocenters. The first-order valence-electron chi connectivity index (χ1n) is 5.07. The minimum Gasteiger partial charge on any atom is -0.496 e. The maximum absolute atomic E-state index is 11.9. The van der Waals surface area contributed by atoms with Gasteiger partial charge in [0, 0.05) is 5.56 Å². The van der Waals surface area contributed by atoms with Gasteiger partial charge < -0.3 is 14.9 Å². The molecule has 0 spiro atoms. The molecule has 0 aliphatic heterocycles. The van der Waals surface area contributed by atoms with Crippen LogP contribution in [0.1, 0.15) is 27.6 Å². The summed E-state index contributed by atoms with van der Waals surface area (Å²) in [5, 5.41) is 19.5. The standard InChI is InChI=1S/C12H12O5/c1-12(16)10(14)6-4-3-5-7(17-2)8(6)9(13)11(12)15/h3-5,11,15-16H,1-2H3/t11-,12+/m0/s1. The van der Waals surface area contributed by atoms with Crippen LogP contribution >= 0.6 is 0 Å². The molecule has 1 aromatic rings. The highest BCUT2D eigenvalue weighted by molar-refractivity contribution is 6.21. The molecule has 0 saturated carbocycles. The van der Waals surface area contributed by atoms with Gasteiger partial charge in [-0.3, -0.25) is 9.59 Å². The molecule has 17 heavy (non-hydrogen) atoms. The van der Waals surface area contributed by atoms with Crippen LogP contribution in [-0.2, 0) is 0 Å². The van der Waals surface area contributed by atoms with Gasteiger partial charge in [0.25, 0.3) is 0 Å². The lowest BCUT2D eigenvalue weighted by molar-refractivity contribution is -0.0308. The van der Waals surface area contributed by atoms with Crippen LogP contribution in [0.5, 0.6) is 5.75 Å². The van der Waals surface area contributed by atoms with Gasteiger partial charge in [-0.05, 0) is 13.0 Å². The fourth-order valence-electron chi connectivity index (χ4n) is 1.93. The number of methoxy groups -OCH3 is 1. The predicted molar refractivity (Wildman–Crippen MR) is 58.3 cm³/mol. The van der Waals surface area contributed by atoms with E-state index in [1.807, 2.05) is 0 Å². The van der Waals surface area contributed by atoms with Crippen molar-refractivity contribution in [3.63, 3.8) is 0 Å². The molecular weight excluding hydrogens is 224 g/mol. The number of fused-ring (bicyclic) bond motifs is 1. The average Bonchev–Trinajstić information content (AvgIpc) is 2.33. The van der Waals surface area contributed by atoms with E-state index in [4.69, 9.17) is 4.74 Å². The molecule has 90 valence electrons. The first-order valence-corrected chi connectivity index (χ1v) is 5.07. The van der Waals surface area contributed by atoms with Gasteiger partial charge in [0.1, 0.15) is 5.75 Å². The molecular formula is C12H12O5. The number of aliphatic hydroxyl groups is 2. The maximum atomic E-state index is 11.9. The van der Waals surface area contributed by atoms with Crippen LogP contribution in [0.15, 0.2) is 18.2 Å². The number of carbonyl (C=O) groups excluding carboxylic acids is 2. The summed E-state index contributed by atoms with van der Waals surface area (Å²) in [6, 6.07) is 4.51. The largest absolute Gasteiger partial charge is 0.496 e. The van der Waals surface area contributed by atoms with Crippen molar-refractivity contribution in [3.8, 4) is 5.75 Å². The predicted octanol–water partition coefficient (Wildman–Crippen LogP) is 0.186. The molecule has 5 heteroatoms. The lowest BCUT2D eigenvalue weighted by atomic mass is 9.77. The van der Waals surface area contributed by atoms with Crippen LogP contribution < -0.4 is 4.74 Å². The van der Waals surface area contributed by atoms with Crippen molar-refractivity contribution in [1.29, 1.82) is 0 Å². The number of Topliss-reactive ketones (excluding diaryl/α,β-unsaturated/α-hetero) is 2. The van der Waals surface area contributed by atoms with Crippen molar-refractivity contribution >= 4 is 11.6 Å². The van der Waals surface area contributed by atoms with Gasteiger partial charge in [-0.25, -0.2) is 0 Å². The minimum absolute atomic E-state index is 0.0269. The Hall–Kier alpha value is -1.72. The maximum Gasteiger partial charge on any atom is 0.199 e. The SMILES string of the molecule is COc1cccc2c1C(=O)[C@H](O)[C@](C)(O)C2=O. The van der Waals surface area contributed by atoms with Crippen LogP contribution in [0.2, 0.25) is 0 Å². The highest BCUT2D eigenvalue weighted by Gasteiger charge is 2.49. The molecule has 2 N–H and O–H groups in total. The third kappa shape index (κ3) is 1.47. The van der Waals surface area contributed by atoms with E-state index in [1.165, 1.54) is 19.2 Å². The lowest BCUT2D eigenvalue weighted by Crippen LogP contribution is -2.54. The topological polar surface area (TPSA) is 83.8 Å². The summed E-state index contributed by atoms with van der Waals surface area (Å²) in [4.78, 5) is 23.9. The third-order valence-corrected chi connectivity index (χ3v) is 2.98. The van der Waals surface area contributed by atoms with Crippen molar-refractivity contribution in [2.24, 2.45) is 0 Å². The van der Waals surface area contributed by atoms with E-state index >= 15 is 0 Å². The molecule has 2 atom stereocenters. The number of carbonyl (C=O) groups is 2. The molecule has 1 aliphatic carbocycles. The van der Waals surface area contributed by atoms with Crippen molar-refractivity contribution in [1.82, 2.24) is 0 Å². The van der Waals surface area contributed by atoms with E-state index in [0.717, 1.165) is 6.92 Å². The van der Waals surface area contributed by atoms with E-state index in [-0.39, 0.29) is 16.9 Å². The fourth-order valence-corrected chi connectivity index (χ4v) is 1.93. The second-order valence-corrected chi connectivity index (χ2v) is 4.13. The number of hydrogen-bond acceptors (Lipinski definition) is 5. The number of ketones is 2. The summed E-state index contributed by atoms with van der Waals surface area (Å²) in [6.07, 6.45) is -1.77. The fraction of sp³-hybridized carbons (Fsp3) is 0.333. The Balaban J connectivity index is 2.73. The van der Waals surface area contributed by atoms with E-state index in [0.29, 0.717) is 0 Å². The van der Waals surface area contributed by atoms with Gasteiger partial charge >= 0.3 is 0 Å². The number of hydrogen-bond donors (Lipinski definition) is 2. The first-order chi connectivity index (χ1) is 7.91. The zero-order chi connectivity index (χ0) is 12.8. The Morgan fingerprint density at radius 1 is 1.35 bits per heavy atom. The lowest BCUT2D eigenvalue weighted by Gasteiger charge is -2.32. The Bertz CT molecular complexity index is 504. The van der Waals surface area contributed by atoms with Crippen molar-refractivity contribution in [3.05, 3.63) is 29.3 Å². The molecule has 0 aromatic heterocycles. The Kier molecular flexibility index (Phi) is 2.52. The van der Waals surface area contributed by atoms with E-state index in [9.17, 15) is 19.8 Å². The molecule has 0 radical (unpaired) electrons. The number of rotatable bonds is 1. The monoisotopic (exact) mass is 236 g/mol. The molecule has 0 bridgehead atoms. The molecule has 0 fully saturated rings.